The highest BCUT2D eigenvalue weighted by Crippen LogP contribution is 2.13. The van der Waals surface area contributed by atoms with Crippen LogP contribution in [-0.2, 0) is 19.1 Å². The average Bonchev–Trinajstić information content (AvgIpc) is 2.40. The van der Waals surface area contributed by atoms with Crippen LogP contribution in [0.15, 0.2) is 35.3 Å². The predicted octanol–water partition coefficient (Wildman–Crippen LogP) is 2.67. The fraction of sp³-hybridized carbons (Fsp3) is 0.400. The SMILES string of the molecule is CCOC(=O)CC(CC(=O)OCC)=Nc1ccccc1. The molecule has 0 bridgehead atoms. The van der Waals surface area contributed by atoms with Gasteiger partial charge in [-0.2, -0.15) is 0 Å². The van der Waals surface area contributed by atoms with E-state index in [-0.39, 0.29) is 12.8 Å². The van der Waals surface area contributed by atoms with Crippen LogP contribution in [0.2, 0.25) is 0 Å². The molecule has 1 aromatic rings. The molecule has 0 radical (unpaired) electrons. The number of nitrogens with zero attached hydrogens (tertiary/aromatic N) is 1. The minimum absolute atomic E-state index is 0.0124. The van der Waals surface area contributed by atoms with Gasteiger partial charge in [-0.1, -0.05) is 18.2 Å². The molecular formula is C15H19NO4. The Morgan fingerprint density at radius 1 is 0.950 bits per heavy atom. The number of hydrogen-bond acceptors (Lipinski definition) is 5. The molecule has 1 aromatic carbocycles. The average molecular weight is 277 g/mol. The lowest BCUT2D eigenvalue weighted by molar-refractivity contribution is -0.141. The maximum atomic E-state index is 11.5. The molecule has 0 aliphatic carbocycles. The van der Waals surface area contributed by atoms with Gasteiger partial charge in [-0.05, 0) is 26.0 Å². The number of benzene rings is 1. The van der Waals surface area contributed by atoms with Crippen molar-refractivity contribution in [3.05, 3.63) is 30.3 Å². The fourth-order valence-electron chi connectivity index (χ4n) is 1.58. The lowest BCUT2D eigenvalue weighted by Crippen LogP contribution is -2.16. The molecule has 0 atom stereocenters. The second-order valence-corrected chi connectivity index (χ2v) is 3.98. The standard InChI is InChI=1S/C15H19NO4/c1-3-19-14(17)10-13(11-15(18)20-4-2)16-12-8-6-5-7-9-12/h5-9H,3-4,10-11H2,1-2H3. The summed E-state index contributed by atoms with van der Waals surface area (Å²) in [5.74, 6) is -0.794. The maximum absolute atomic E-state index is 11.5. The predicted molar refractivity (Wildman–Crippen MR) is 76.0 cm³/mol. The number of ether oxygens (including phenoxy) is 2. The minimum Gasteiger partial charge on any atom is -0.466 e. The van der Waals surface area contributed by atoms with Crippen molar-refractivity contribution in [2.75, 3.05) is 13.2 Å². The quantitative estimate of drug-likeness (QED) is 0.567. The van der Waals surface area contributed by atoms with E-state index in [2.05, 4.69) is 4.99 Å². The van der Waals surface area contributed by atoms with Crippen LogP contribution >= 0.6 is 0 Å². The van der Waals surface area contributed by atoms with Crippen LogP contribution in [0.25, 0.3) is 0 Å². The fourth-order valence-corrected chi connectivity index (χ4v) is 1.58. The molecule has 0 aromatic heterocycles. The first-order valence-corrected chi connectivity index (χ1v) is 6.58. The summed E-state index contributed by atoms with van der Waals surface area (Å²) < 4.78 is 9.76. The van der Waals surface area contributed by atoms with Crippen molar-refractivity contribution in [2.45, 2.75) is 26.7 Å². The monoisotopic (exact) mass is 277 g/mol. The zero-order valence-corrected chi connectivity index (χ0v) is 11.8. The van der Waals surface area contributed by atoms with Gasteiger partial charge < -0.3 is 9.47 Å². The Bertz CT molecular complexity index is 446. The van der Waals surface area contributed by atoms with Crippen molar-refractivity contribution in [1.82, 2.24) is 0 Å². The number of hydrogen-bond donors (Lipinski definition) is 0. The van der Waals surface area contributed by atoms with Gasteiger partial charge in [-0.25, -0.2) is 0 Å². The third-order valence-corrected chi connectivity index (χ3v) is 2.35. The summed E-state index contributed by atoms with van der Waals surface area (Å²) in [6.45, 7) is 4.07. The Balaban J connectivity index is 2.80. The molecule has 0 fully saturated rings. The summed E-state index contributed by atoms with van der Waals surface area (Å²) >= 11 is 0. The highest BCUT2D eigenvalue weighted by Gasteiger charge is 2.14. The van der Waals surface area contributed by atoms with Gasteiger partial charge in [0.15, 0.2) is 0 Å². The van der Waals surface area contributed by atoms with E-state index >= 15 is 0 Å². The molecule has 5 nitrogen and oxygen atoms in total. The Labute approximate surface area is 118 Å². The van der Waals surface area contributed by atoms with Crippen molar-refractivity contribution in [3.8, 4) is 0 Å². The van der Waals surface area contributed by atoms with Crippen LogP contribution in [0.5, 0.6) is 0 Å². The van der Waals surface area contributed by atoms with Gasteiger partial charge in [-0.15, -0.1) is 0 Å². The molecular weight excluding hydrogens is 258 g/mol. The van der Waals surface area contributed by atoms with E-state index in [4.69, 9.17) is 9.47 Å². The first-order valence-electron chi connectivity index (χ1n) is 6.58. The van der Waals surface area contributed by atoms with Gasteiger partial charge in [0, 0.05) is 5.71 Å². The Hall–Kier alpha value is -2.17. The zero-order chi connectivity index (χ0) is 14.8. The highest BCUT2D eigenvalue weighted by atomic mass is 16.5. The molecule has 0 unspecified atom stereocenters. The van der Waals surface area contributed by atoms with Crippen molar-refractivity contribution >= 4 is 23.3 Å². The molecule has 1 rings (SSSR count). The summed E-state index contributed by atoms with van der Waals surface area (Å²) in [6, 6.07) is 9.15. The van der Waals surface area contributed by atoms with Crippen LogP contribution in [0.3, 0.4) is 0 Å². The molecule has 0 spiro atoms. The van der Waals surface area contributed by atoms with Gasteiger partial charge in [0.1, 0.15) is 0 Å². The summed E-state index contributed by atoms with van der Waals surface area (Å²) in [5, 5.41) is 0. The second-order valence-electron chi connectivity index (χ2n) is 3.98. The van der Waals surface area contributed by atoms with E-state index in [1.165, 1.54) is 0 Å². The van der Waals surface area contributed by atoms with E-state index in [1.807, 2.05) is 18.2 Å². The van der Waals surface area contributed by atoms with Crippen molar-refractivity contribution in [2.24, 2.45) is 4.99 Å². The van der Waals surface area contributed by atoms with Crippen LogP contribution in [0, 0.1) is 0 Å². The zero-order valence-electron chi connectivity index (χ0n) is 11.8. The third-order valence-electron chi connectivity index (χ3n) is 2.35. The molecule has 0 amide bonds. The molecule has 0 aliphatic rings. The largest absolute Gasteiger partial charge is 0.466 e. The Morgan fingerprint density at radius 2 is 1.45 bits per heavy atom. The number of para-hydroxylation sites is 1. The lowest BCUT2D eigenvalue weighted by atomic mass is 10.2. The number of rotatable bonds is 7. The van der Waals surface area contributed by atoms with Crippen LogP contribution in [0.4, 0.5) is 5.69 Å². The van der Waals surface area contributed by atoms with E-state index in [9.17, 15) is 9.59 Å². The normalized spacial score (nSPS) is 9.70. The topological polar surface area (TPSA) is 65.0 Å². The third kappa shape index (κ3) is 6.13. The first kappa shape index (κ1) is 15.9. The highest BCUT2D eigenvalue weighted by molar-refractivity contribution is 6.07. The summed E-state index contributed by atoms with van der Waals surface area (Å²) in [7, 11) is 0. The van der Waals surface area contributed by atoms with E-state index in [0.717, 1.165) is 0 Å². The molecule has 0 N–H and O–H groups in total. The van der Waals surface area contributed by atoms with E-state index < -0.39 is 11.9 Å². The van der Waals surface area contributed by atoms with Crippen LogP contribution in [-0.4, -0.2) is 30.9 Å². The van der Waals surface area contributed by atoms with Gasteiger partial charge >= 0.3 is 11.9 Å². The molecule has 108 valence electrons. The molecule has 0 heterocycles. The van der Waals surface area contributed by atoms with Gasteiger partial charge in [0.2, 0.25) is 0 Å². The summed E-state index contributed by atoms with van der Waals surface area (Å²) in [6.07, 6.45) is -0.0247. The van der Waals surface area contributed by atoms with Crippen LogP contribution in [0.1, 0.15) is 26.7 Å². The van der Waals surface area contributed by atoms with Gasteiger partial charge in [-0.3, -0.25) is 14.6 Å². The number of carbonyl (C=O) groups excluding carboxylic acids is 2. The molecule has 0 aliphatic heterocycles. The maximum Gasteiger partial charge on any atom is 0.311 e. The number of aliphatic imine (C=N–C) groups is 1. The summed E-state index contributed by atoms with van der Waals surface area (Å²) in [5.41, 5.74) is 1.13. The van der Waals surface area contributed by atoms with Crippen LogP contribution < -0.4 is 0 Å². The van der Waals surface area contributed by atoms with Gasteiger partial charge in [0.25, 0.3) is 0 Å². The number of carbonyl (C=O) groups is 2. The molecule has 0 saturated heterocycles. The molecule has 5 heteroatoms. The lowest BCUT2D eigenvalue weighted by Gasteiger charge is -2.06. The molecule has 0 saturated carbocycles. The second kappa shape index (κ2) is 8.85. The first-order chi connectivity index (χ1) is 9.65. The van der Waals surface area contributed by atoms with Crippen molar-refractivity contribution < 1.29 is 19.1 Å². The number of esters is 2. The Kier molecular flexibility index (Phi) is 7.03. The Morgan fingerprint density at radius 3 is 1.90 bits per heavy atom. The smallest absolute Gasteiger partial charge is 0.311 e. The molecule has 20 heavy (non-hydrogen) atoms. The minimum atomic E-state index is -0.397. The summed E-state index contributed by atoms with van der Waals surface area (Å²) in [4.78, 5) is 27.4. The van der Waals surface area contributed by atoms with E-state index in [1.54, 1.807) is 26.0 Å². The van der Waals surface area contributed by atoms with E-state index in [0.29, 0.717) is 24.6 Å². The van der Waals surface area contributed by atoms with Crippen molar-refractivity contribution in [3.63, 3.8) is 0 Å². The van der Waals surface area contributed by atoms with Crippen molar-refractivity contribution in [1.29, 1.82) is 0 Å². The van der Waals surface area contributed by atoms with Gasteiger partial charge in [0.05, 0.1) is 31.7 Å².